The van der Waals surface area contributed by atoms with E-state index in [-0.39, 0.29) is 18.2 Å². The van der Waals surface area contributed by atoms with Gasteiger partial charge in [0, 0.05) is 13.1 Å². The highest BCUT2D eigenvalue weighted by atomic mass is 32.2. The van der Waals surface area contributed by atoms with Gasteiger partial charge in [0.15, 0.2) is 5.76 Å². The summed E-state index contributed by atoms with van der Waals surface area (Å²) in [5, 5.41) is 12.8. The number of carbonyl (C=O) groups excluding carboxylic acids is 1. The molecule has 5 nitrogen and oxygen atoms in total. The predicted octanol–water partition coefficient (Wildman–Crippen LogP) is 1.19. The largest absolute Gasteiger partial charge is 0.455 e. The molecule has 108 valence electrons. The van der Waals surface area contributed by atoms with Crippen LogP contribution in [0.25, 0.3) is 0 Å². The van der Waals surface area contributed by atoms with Crippen LogP contribution < -0.4 is 5.32 Å². The van der Waals surface area contributed by atoms with Crippen LogP contribution in [0.15, 0.2) is 16.5 Å². The standard InChI is InChI=1S/C13H22N2O3S/c1-13(17,9-15(2)3)8-14-12(16)11-6-5-10(18-11)7-19-4/h5-6,17H,7-9H2,1-4H3,(H,14,16). The maximum atomic E-state index is 11.9. The molecule has 1 aromatic rings. The summed E-state index contributed by atoms with van der Waals surface area (Å²) in [4.78, 5) is 13.7. The molecule has 2 N–H and O–H groups in total. The van der Waals surface area contributed by atoms with E-state index >= 15 is 0 Å². The van der Waals surface area contributed by atoms with E-state index in [2.05, 4.69) is 5.32 Å². The zero-order valence-electron chi connectivity index (χ0n) is 11.9. The van der Waals surface area contributed by atoms with Crippen LogP contribution in [-0.4, -0.2) is 55.0 Å². The average Bonchev–Trinajstić information content (AvgIpc) is 2.73. The number of likely N-dealkylation sites (N-methyl/N-ethyl adjacent to an activating group) is 1. The summed E-state index contributed by atoms with van der Waals surface area (Å²) in [6.45, 7) is 2.35. The third-order valence-electron chi connectivity index (χ3n) is 2.46. The highest BCUT2D eigenvalue weighted by Crippen LogP contribution is 2.13. The normalized spacial score (nSPS) is 14.4. The van der Waals surface area contributed by atoms with Gasteiger partial charge in [-0.3, -0.25) is 4.79 Å². The minimum absolute atomic E-state index is 0.183. The lowest BCUT2D eigenvalue weighted by Gasteiger charge is -2.26. The van der Waals surface area contributed by atoms with Crippen molar-refractivity contribution in [1.82, 2.24) is 10.2 Å². The molecule has 0 aliphatic heterocycles. The molecule has 19 heavy (non-hydrogen) atoms. The van der Waals surface area contributed by atoms with E-state index in [9.17, 15) is 9.90 Å². The van der Waals surface area contributed by atoms with Gasteiger partial charge in [0.1, 0.15) is 5.76 Å². The number of nitrogens with zero attached hydrogens (tertiary/aromatic N) is 1. The molecule has 1 amide bonds. The van der Waals surface area contributed by atoms with Crippen molar-refractivity contribution in [2.45, 2.75) is 18.3 Å². The van der Waals surface area contributed by atoms with Crippen molar-refractivity contribution in [2.75, 3.05) is 33.4 Å². The quantitative estimate of drug-likeness (QED) is 0.788. The van der Waals surface area contributed by atoms with Crippen LogP contribution in [0.4, 0.5) is 0 Å². The monoisotopic (exact) mass is 286 g/mol. The zero-order chi connectivity index (χ0) is 14.5. The number of thioether (sulfide) groups is 1. The fourth-order valence-electron chi connectivity index (χ4n) is 1.81. The van der Waals surface area contributed by atoms with Crippen LogP contribution in [0.2, 0.25) is 0 Å². The number of furan rings is 1. The van der Waals surface area contributed by atoms with Gasteiger partial charge in [0.25, 0.3) is 5.91 Å². The van der Waals surface area contributed by atoms with Crippen molar-refractivity contribution >= 4 is 17.7 Å². The van der Waals surface area contributed by atoms with Crippen LogP contribution in [0, 0.1) is 0 Å². The zero-order valence-corrected chi connectivity index (χ0v) is 12.7. The number of amides is 1. The second kappa shape index (κ2) is 6.98. The van der Waals surface area contributed by atoms with Gasteiger partial charge >= 0.3 is 0 Å². The third kappa shape index (κ3) is 5.67. The van der Waals surface area contributed by atoms with Gasteiger partial charge in [-0.25, -0.2) is 0 Å². The van der Waals surface area contributed by atoms with E-state index in [1.165, 1.54) is 0 Å². The Labute approximate surface area is 118 Å². The summed E-state index contributed by atoms with van der Waals surface area (Å²) in [5.74, 6) is 1.50. The minimum atomic E-state index is -0.964. The first-order valence-electron chi connectivity index (χ1n) is 6.07. The Bertz CT molecular complexity index is 416. The lowest BCUT2D eigenvalue weighted by Crippen LogP contribution is -2.47. The summed E-state index contributed by atoms with van der Waals surface area (Å²) in [6.07, 6.45) is 1.97. The molecule has 0 fully saturated rings. The maximum absolute atomic E-state index is 11.9. The number of nitrogens with one attached hydrogen (secondary N) is 1. The fraction of sp³-hybridized carbons (Fsp3) is 0.615. The number of aliphatic hydroxyl groups is 1. The van der Waals surface area contributed by atoms with E-state index in [0.29, 0.717) is 6.54 Å². The molecule has 6 heteroatoms. The molecule has 0 saturated carbocycles. The molecule has 0 spiro atoms. The van der Waals surface area contributed by atoms with E-state index in [0.717, 1.165) is 11.5 Å². The first-order valence-corrected chi connectivity index (χ1v) is 7.46. The molecule has 0 aliphatic rings. The number of hydrogen-bond donors (Lipinski definition) is 2. The van der Waals surface area contributed by atoms with Crippen LogP contribution in [-0.2, 0) is 5.75 Å². The van der Waals surface area contributed by atoms with Crippen molar-refractivity contribution in [3.63, 3.8) is 0 Å². The van der Waals surface area contributed by atoms with E-state index in [1.54, 1.807) is 30.8 Å². The highest BCUT2D eigenvalue weighted by molar-refractivity contribution is 7.97. The number of rotatable bonds is 7. The Morgan fingerprint density at radius 1 is 1.53 bits per heavy atom. The summed E-state index contributed by atoms with van der Waals surface area (Å²) < 4.78 is 5.41. The summed E-state index contributed by atoms with van der Waals surface area (Å²) in [6, 6.07) is 3.45. The second-order valence-corrected chi connectivity index (χ2v) is 5.98. The van der Waals surface area contributed by atoms with E-state index in [1.807, 2.05) is 25.3 Å². The molecule has 0 saturated heterocycles. The number of hydrogen-bond acceptors (Lipinski definition) is 5. The van der Waals surface area contributed by atoms with Crippen LogP contribution >= 0.6 is 11.8 Å². The summed E-state index contributed by atoms with van der Waals surface area (Å²) >= 11 is 1.63. The van der Waals surface area contributed by atoms with Crippen molar-refractivity contribution in [3.05, 3.63) is 23.7 Å². The summed E-state index contributed by atoms with van der Waals surface area (Å²) in [5.41, 5.74) is -0.964. The van der Waals surface area contributed by atoms with Crippen molar-refractivity contribution in [2.24, 2.45) is 0 Å². The van der Waals surface area contributed by atoms with Crippen molar-refractivity contribution < 1.29 is 14.3 Å². The molecule has 0 bridgehead atoms. The van der Waals surface area contributed by atoms with Crippen molar-refractivity contribution in [1.29, 1.82) is 0 Å². The predicted molar refractivity (Wildman–Crippen MR) is 77.4 cm³/mol. The highest BCUT2D eigenvalue weighted by Gasteiger charge is 2.23. The van der Waals surface area contributed by atoms with Gasteiger partial charge < -0.3 is 19.7 Å². The van der Waals surface area contributed by atoms with Crippen LogP contribution in [0.5, 0.6) is 0 Å². The molecule has 1 unspecified atom stereocenters. The average molecular weight is 286 g/mol. The third-order valence-corrected chi connectivity index (χ3v) is 3.03. The topological polar surface area (TPSA) is 65.7 Å². The van der Waals surface area contributed by atoms with Gasteiger partial charge in [-0.05, 0) is 39.4 Å². The van der Waals surface area contributed by atoms with Crippen LogP contribution in [0.1, 0.15) is 23.2 Å². The molecule has 1 atom stereocenters. The Balaban J connectivity index is 2.50. The molecule has 0 aliphatic carbocycles. The Hall–Kier alpha value is -0.980. The smallest absolute Gasteiger partial charge is 0.287 e. The van der Waals surface area contributed by atoms with E-state index < -0.39 is 5.60 Å². The van der Waals surface area contributed by atoms with Gasteiger partial charge in [-0.2, -0.15) is 11.8 Å². The van der Waals surface area contributed by atoms with Crippen molar-refractivity contribution in [3.8, 4) is 0 Å². The van der Waals surface area contributed by atoms with E-state index in [4.69, 9.17) is 4.42 Å². The number of carbonyl (C=O) groups is 1. The minimum Gasteiger partial charge on any atom is -0.455 e. The molecule has 1 heterocycles. The first-order chi connectivity index (χ1) is 8.84. The second-order valence-electron chi connectivity index (χ2n) is 5.12. The first kappa shape index (κ1) is 16.1. The molecule has 1 rings (SSSR count). The van der Waals surface area contributed by atoms with Gasteiger partial charge in [-0.15, -0.1) is 0 Å². The molecule has 1 aromatic heterocycles. The Morgan fingerprint density at radius 2 is 2.21 bits per heavy atom. The van der Waals surface area contributed by atoms with Gasteiger partial charge in [0.05, 0.1) is 11.4 Å². The SMILES string of the molecule is CSCc1ccc(C(=O)NCC(C)(O)CN(C)C)o1. The molecule has 0 radical (unpaired) electrons. The lowest BCUT2D eigenvalue weighted by molar-refractivity contribution is 0.0322. The maximum Gasteiger partial charge on any atom is 0.287 e. The molecular formula is C13H22N2O3S. The molecule has 0 aromatic carbocycles. The Kier molecular flexibility index (Phi) is 5.90. The van der Waals surface area contributed by atoms with Crippen LogP contribution in [0.3, 0.4) is 0 Å². The Morgan fingerprint density at radius 3 is 2.79 bits per heavy atom. The summed E-state index contributed by atoms with van der Waals surface area (Å²) in [7, 11) is 3.75. The fourth-order valence-corrected chi connectivity index (χ4v) is 2.25. The molecular weight excluding hydrogens is 264 g/mol. The van der Waals surface area contributed by atoms with Gasteiger partial charge in [0.2, 0.25) is 0 Å². The van der Waals surface area contributed by atoms with Gasteiger partial charge in [-0.1, -0.05) is 0 Å². The lowest BCUT2D eigenvalue weighted by atomic mass is 10.1.